The van der Waals surface area contributed by atoms with Crippen LogP contribution >= 0.6 is 0 Å². The molecule has 3 heterocycles. The molecular weight excluding hydrogens is 242 g/mol. The number of hydrogen-bond acceptors (Lipinski definition) is 5. The van der Waals surface area contributed by atoms with Crippen molar-refractivity contribution in [3.05, 3.63) is 5.82 Å². The van der Waals surface area contributed by atoms with Crippen molar-refractivity contribution in [2.24, 2.45) is 5.92 Å². The number of hydrogen-bond donors (Lipinski definition) is 0. The zero-order chi connectivity index (χ0) is 13.2. The Kier molecular flexibility index (Phi) is 3.73. The van der Waals surface area contributed by atoms with E-state index in [9.17, 15) is 0 Å². The maximum Gasteiger partial charge on any atom is 0.324 e. The molecule has 0 bridgehead atoms. The molecule has 0 aliphatic carbocycles. The molecule has 1 aromatic heterocycles. The molecule has 5 heteroatoms. The molecule has 106 valence electrons. The summed E-state index contributed by atoms with van der Waals surface area (Å²) < 4.78 is 11.2. The highest BCUT2D eigenvalue weighted by Gasteiger charge is 2.30. The van der Waals surface area contributed by atoms with Crippen molar-refractivity contribution >= 4 is 6.01 Å². The molecule has 19 heavy (non-hydrogen) atoms. The van der Waals surface area contributed by atoms with E-state index in [2.05, 4.69) is 28.9 Å². The molecule has 2 aliphatic heterocycles. The van der Waals surface area contributed by atoms with Crippen LogP contribution in [0.2, 0.25) is 0 Å². The van der Waals surface area contributed by atoms with Gasteiger partial charge in [-0.15, -0.1) is 0 Å². The monoisotopic (exact) mass is 265 g/mol. The summed E-state index contributed by atoms with van der Waals surface area (Å²) in [5.41, 5.74) is 0. The molecular formula is C14H23N3O2. The van der Waals surface area contributed by atoms with Crippen molar-refractivity contribution < 1.29 is 9.26 Å². The fraction of sp³-hybridized carbons (Fsp3) is 0.857. The van der Waals surface area contributed by atoms with Crippen LogP contribution in [0.1, 0.15) is 51.3 Å². The molecule has 0 saturated carbocycles. The molecule has 2 aliphatic rings. The van der Waals surface area contributed by atoms with Crippen LogP contribution in [-0.4, -0.2) is 35.9 Å². The normalized spacial score (nSPS) is 25.4. The highest BCUT2D eigenvalue weighted by molar-refractivity contribution is 5.26. The van der Waals surface area contributed by atoms with Crippen LogP contribution in [0, 0.1) is 5.92 Å². The molecule has 0 radical (unpaired) electrons. The minimum absolute atomic E-state index is 0.321. The van der Waals surface area contributed by atoms with Crippen LogP contribution in [0.3, 0.4) is 0 Å². The van der Waals surface area contributed by atoms with Crippen LogP contribution in [0.15, 0.2) is 4.52 Å². The van der Waals surface area contributed by atoms with E-state index in [-0.39, 0.29) is 0 Å². The second kappa shape index (κ2) is 5.49. The van der Waals surface area contributed by atoms with Gasteiger partial charge in [0.1, 0.15) is 0 Å². The zero-order valence-electron chi connectivity index (χ0n) is 11.8. The number of piperidine rings is 1. The predicted octanol–water partition coefficient (Wildman–Crippen LogP) is 2.59. The molecule has 3 rings (SSSR count). The van der Waals surface area contributed by atoms with Crippen LogP contribution in [-0.2, 0) is 4.74 Å². The van der Waals surface area contributed by atoms with Crippen molar-refractivity contribution in [1.29, 1.82) is 0 Å². The Bertz CT molecular complexity index is 405. The van der Waals surface area contributed by atoms with Crippen LogP contribution in [0.5, 0.6) is 0 Å². The largest absolute Gasteiger partial charge is 0.378 e. The Hall–Kier alpha value is -1.10. The van der Waals surface area contributed by atoms with Gasteiger partial charge in [0.25, 0.3) is 0 Å². The van der Waals surface area contributed by atoms with Gasteiger partial charge in [0.15, 0.2) is 5.82 Å². The molecule has 2 saturated heterocycles. The molecule has 0 aromatic carbocycles. The van der Waals surface area contributed by atoms with E-state index in [4.69, 9.17) is 9.26 Å². The molecule has 1 aromatic rings. The number of aromatic nitrogens is 2. The highest BCUT2D eigenvalue weighted by Crippen LogP contribution is 2.30. The van der Waals surface area contributed by atoms with E-state index in [1.807, 2.05) is 0 Å². The van der Waals surface area contributed by atoms with Gasteiger partial charge in [-0.05, 0) is 31.6 Å². The molecule has 1 unspecified atom stereocenters. The third kappa shape index (κ3) is 2.76. The lowest BCUT2D eigenvalue weighted by Crippen LogP contribution is -2.37. The number of nitrogens with zero attached hydrogens (tertiary/aromatic N) is 3. The average Bonchev–Trinajstić information content (AvgIpc) is 3.11. The third-order valence-corrected chi connectivity index (χ3v) is 4.25. The molecule has 0 amide bonds. The lowest BCUT2D eigenvalue weighted by molar-refractivity contribution is 0.0527. The summed E-state index contributed by atoms with van der Waals surface area (Å²) in [5.74, 6) is 1.84. The van der Waals surface area contributed by atoms with Gasteiger partial charge in [-0.25, -0.2) is 0 Å². The second-order valence-corrected chi connectivity index (χ2v) is 5.97. The highest BCUT2D eigenvalue weighted by atomic mass is 16.5. The minimum Gasteiger partial charge on any atom is -0.378 e. The van der Waals surface area contributed by atoms with E-state index in [0.717, 1.165) is 25.5 Å². The fourth-order valence-electron chi connectivity index (χ4n) is 3.03. The minimum atomic E-state index is 0.321. The standard InChI is InChI=1S/C14H23N3O2/c1-10(2)13-15-14(19-16-13)17-7-5-11(6-8-17)12-4-3-9-18-12/h10-12H,3-9H2,1-2H3. The SMILES string of the molecule is CC(C)c1noc(N2CCC(C3CCCO3)CC2)n1. The Morgan fingerprint density at radius 1 is 1.21 bits per heavy atom. The summed E-state index contributed by atoms with van der Waals surface area (Å²) >= 11 is 0. The fourth-order valence-corrected chi connectivity index (χ4v) is 3.03. The van der Waals surface area contributed by atoms with Crippen molar-refractivity contribution in [1.82, 2.24) is 10.1 Å². The van der Waals surface area contributed by atoms with E-state index >= 15 is 0 Å². The Balaban J connectivity index is 1.56. The number of anilines is 1. The quantitative estimate of drug-likeness (QED) is 0.840. The van der Waals surface area contributed by atoms with E-state index in [1.54, 1.807) is 0 Å². The second-order valence-electron chi connectivity index (χ2n) is 5.97. The molecule has 1 atom stereocenters. The van der Waals surface area contributed by atoms with Gasteiger partial charge in [0.05, 0.1) is 6.10 Å². The lowest BCUT2D eigenvalue weighted by atomic mass is 9.90. The van der Waals surface area contributed by atoms with Crippen LogP contribution < -0.4 is 4.90 Å². The Labute approximate surface area is 114 Å². The van der Waals surface area contributed by atoms with Gasteiger partial charge in [0.2, 0.25) is 0 Å². The van der Waals surface area contributed by atoms with Crippen LogP contribution in [0.25, 0.3) is 0 Å². The van der Waals surface area contributed by atoms with E-state index < -0.39 is 0 Å². The molecule has 0 N–H and O–H groups in total. The van der Waals surface area contributed by atoms with Gasteiger partial charge in [-0.2, -0.15) is 4.98 Å². The van der Waals surface area contributed by atoms with Crippen molar-refractivity contribution in [3.8, 4) is 0 Å². The number of ether oxygens (including phenoxy) is 1. The summed E-state index contributed by atoms with van der Waals surface area (Å²) in [6.45, 7) is 7.12. The van der Waals surface area contributed by atoms with Gasteiger partial charge >= 0.3 is 6.01 Å². The molecule has 5 nitrogen and oxygen atoms in total. The third-order valence-electron chi connectivity index (χ3n) is 4.25. The maximum atomic E-state index is 5.80. The van der Waals surface area contributed by atoms with Gasteiger partial charge in [-0.3, -0.25) is 0 Å². The van der Waals surface area contributed by atoms with E-state index in [0.29, 0.717) is 24.0 Å². The Morgan fingerprint density at radius 2 is 2.00 bits per heavy atom. The van der Waals surface area contributed by atoms with Crippen molar-refractivity contribution in [3.63, 3.8) is 0 Å². The number of rotatable bonds is 3. The Morgan fingerprint density at radius 3 is 2.58 bits per heavy atom. The average molecular weight is 265 g/mol. The summed E-state index contributed by atoms with van der Waals surface area (Å²) in [7, 11) is 0. The first-order chi connectivity index (χ1) is 9.24. The first-order valence-electron chi connectivity index (χ1n) is 7.44. The molecule has 2 fully saturated rings. The summed E-state index contributed by atoms with van der Waals surface area (Å²) in [5, 5.41) is 4.03. The molecule has 0 spiro atoms. The van der Waals surface area contributed by atoms with Crippen molar-refractivity contribution in [2.45, 2.75) is 51.6 Å². The first-order valence-corrected chi connectivity index (χ1v) is 7.44. The summed E-state index contributed by atoms with van der Waals surface area (Å²) in [4.78, 5) is 6.69. The topological polar surface area (TPSA) is 51.4 Å². The maximum absolute atomic E-state index is 5.80. The zero-order valence-corrected chi connectivity index (χ0v) is 11.8. The van der Waals surface area contributed by atoms with E-state index in [1.165, 1.54) is 25.7 Å². The lowest BCUT2D eigenvalue weighted by Gasteiger charge is -2.33. The van der Waals surface area contributed by atoms with Gasteiger partial charge in [0, 0.05) is 25.6 Å². The van der Waals surface area contributed by atoms with Gasteiger partial charge < -0.3 is 14.2 Å². The summed E-state index contributed by atoms with van der Waals surface area (Å²) in [6, 6.07) is 0.689. The van der Waals surface area contributed by atoms with Crippen LogP contribution in [0.4, 0.5) is 6.01 Å². The first kappa shape index (κ1) is 12.9. The summed E-state index contributed by atoms with van der Waals surface area (Å²) in [6.07, 6.45) is 5.31. The van der Waals surface area contributed by atoms with Crippen molar-refractivity contribution in [2.75, 3.05) is 24.6 Å². The smallest absolute Gasteiger partial charge is 0.324 e. The predicted molar refractivity (Wildman–Crippen MR) is 72.3 cm³/mol. The van der Waals surface area contributed by atoms with Gasteiger partial charge in [-0.1, -0.05) is 19.0 Å².